The van der Waals surface area contributed by atoms with Crippen LogP contribution in [-0.2, 0) is 28.3 Å². The molecule has 0 bridgehead atoms. The maximum atomic E-state index is 13.8. The van der Waals surface area contributed by atoms with Crippen LogP contribution >= 0.6 is 0 Å². The topological polar surface area (TPSA) is 183 Å². The number of hydrogen-bond acceptors (Lipinski definition) is 10. The number of rotatable bonds is 14. The minimum atomic E-state index is -3.90. The number of aryl methyl sites for hydroxylation is 2. The number of fused-ring (bicyclic) bond motifs is 1. The Morgan fingerprint density at radius 1 is 1.24 bits per heavy atom. The van der Waals surface area contributed by atoms with E-state index < -0.39 is 15.1 Å². The van der Waals surface area contributed by atoms with Gasteiger partial charge >= 0.3 is 0 Å². The number of benzene rings is 1. The van der Waals surface area contributed by atoms with Gasteiger partial charge in [-0.2, -0.15) is 9.40 Å². The van der Waals surface area contributed by atoms with Gasteiger partial charge in [-0.05, 0) is 69.1 Å². The molecule has 2 aromatic heterocycles. The van der Waals surface area contributed by atoms with Crippen molar-refractivity contribution in [2.75, 3.05) is 32.9 Å². The first-order valence-electron chi connectivity index (χ1n) is 14.2. The number of nitrogens with one attached hydrogen (secondary N) is 1. The zero-order valence-corrected chi connectivity index (χ0v) is 24.9. The van der Waals surface area contributed by atoms with Crippen LogP contribution in [0.4, 0.5) is 0 Å². The molecule has 4 rings (SSSR count). The molecule has 42 heavy (non-hydrogen) atoms. The molecule has 1 fully saturated rings. The Balaban J connectivity index is 1.62. The Morgan fingerprint density at radius 3 is 2.62 bits per heavy atom. The molecule has 0 aliphatic carbocycles. The van der Waals surface area contributed by atoms with Gasteiger partial charge in [-0.1, -0.05) is 13.3 Å². The molecular formula is C27H38N6O8S. The van der Waals surface area contributed by atoms with Crippen molar-refractivity contribution in [1.82, 2.24) is 24.1 Å². The molecule has 15 heteroatoms. The van der Waals surface area contributed by atoms with Gasteiger partial charge in [0.25, 0.3) is 10.6 Å². The highest BCUT2D eigenvalue weighted by atomic mass is 32.2. The number of aromatic amines is 1. The zero-order valence-electron chi connectivity index (χ0n) is 24.1. The Hall–Kier alpha value is -3.56. The SMILES string of the molecule is CCCc1nn(C)c2c(=O)[nH]c(-c3cc(S(=O)(=O)N4CCC(C(CCO)CCO[N+](=O)[O-])CC4)ccc3OCC)nc12. The summed E-state index contributed by atoms with van der Waals surface area (Å²) in [5.41, 5.74) is 1.47. The lowest BCUT2D eigenvalue weighted by molar-refractivity contribution is -0.758. The normalized spacial score (nSPS) is 15.6. The van der Waals surface area contributed by atoms with E-state index in [1.165, 1.54) is 21.1 Å². The van der Waals surface area contributed by atoms with Gasteiger partial charge in [0, 0.05) is 26.7 Å². The standard InChI is InChI=1S/C27H38N6O8S/c1-4-6-22-24-25(31(3)30-22)27(35)29-26(28-24)21-17-20(7-8-23(21)40-5-2)42(38,39)32-13-9-18(10-14-32)19(11-15-34)12-16-41-33(36)37/h7-8,17-19,34H,4-6,9-16H2,1-3H3,(H,28,29,35). The minimum Gasteiger partial charge on any atom is -0.493 e. The fraction of sp³-hybridized carbons (Fsp3) is 0.593. The van der Waals surface area contributed by atoms with Crippen LogP contribution in [-0.4, -0.2) is 75.6 Å². The molecule has 2 N–H and O–H groups in total. The van der Waals surface area contributed by atoms with Crippen molar-refractivity contribution in [3.63, 3.8) is 0 Å². The van der Waals surface area contributed by atoms with E-state index in [1.807, 2.05) is 13.8 Å². The predicted octanol–water partition coefficient (Wildman–Crippen LogP) is 2.67. The van der Waals surface area contributed by atoms with Crippen molar-refractivity contribution in [3.05, 3.63) is 44.4 Å². The van der Waals surface area contributed by atoms with Crippen molar-refractivity contribution < 1.29 is 28.2 Å². The number of sulfonamides is 1. The highest BCUT2D eigenvalue weighted by molar-refractivity contribution is 7.89. The van der Waals surface area contributed by atoms with Crippen molar-refractivity contribution in [3.8, 4) is 17.1 Å². The van der Waals surface area contributed by atoms with E-state index in [9.17, 15) is 28.4 Å². The summed E-state index contributed by atoms with van der Waals surface area (Å²) in [6, 6.07) is 4.55. The molecule has 1 saturated heterocycles. The largest absolute Gasteiger partial charge is 0.493 e. The van der Waals surface area contributed by atoms with Crippen LogP contribution in [0, 0.1) is 22.0 Å². The Labute approximate surface area is 243 Å². The van der Waals surface area contributed by atoms with Crippen molar-refractivity contribution in [2.45, 2.75) is 57.3 Å². The molecule has 3 heterocycles. The molecule has 1 aromatic carbocycles. The first-order chi connectivity index (χ1) is 20.1. The van der Waals surface area contributed by atoms with Crippen LogP contribution in [0.15, 0.2) is 27.9 Å². The van der Waals surface area contributed by atoms with Gasteiger partial charge in [-0.15, -0.1) is 10.1 Å². The Morgan fingerprint density at radius 2 is 1.98 bits per heavy atom. The molecule has 1 unspecified atom stereocenters. The summed E-state index contributed by atoms with van der Waals surface area (Å²) in [6.07, 6.45) is 3.44. The number of nitrogens with zero attached hydrogens (tertiary/aromatic N) is 5. The van der Waals surface area contributed by atoms with Crippen LogP contribution in [0.3, 0.4) is 0 Å². The van der Waals surface area contributed by atoms with E-state index in [1.54, 1.807) is 13.1 Å². The van der Waals surface area contributed by atoms with Gasteiger partial charge in [-0.25, -0.2) is 13.4 Å². The molecule has 0 radical (unpaired) electrons. The number of piperidine rings is 1. The van der Waals surface area contributed by atoms with E-state index in [0.717, 1.165) is 6.42 Å². The van der Waals surface area contributed by atoms with Gasteiger partial charge in [0.05, 0.1) is 29.4 Å². The Kier molecular flexibility index (Phi) is 10.2. The van der Waals surface area contributed by atoms with E-state index in [0.29, 0.717) is 66.8 Å². The zero-order chi connectivity index (χ0) is 30.4. The van der Waals surface area contributed by atoms with Crippen molar-refractivity contribution in [2.24, 2.45) is 18.9 Å². The summed E-state index contributed by atoms with van der Waals surface area (Å²) < 4.78 is 36.2. The second-order valence-corrected chi connectivity index (χ2v) is 12.3. The van der Waals surface area contributed by atoms with E-state index in [4.69, 9.17) is 9.72 Å². The van der Waals surface area contributed by atoms with Crippen LogP contribution < -0.4 is 10.3 Å². The average molecular weight is 607 g/mol. The van der Waals surface area contributed by atoms with Gasteiger partial charge in [0.15, 0.2) is 5.52 Å². The second-order valence-electron chi connectivity index (χ2n) is 10.4. The van der Waals surface area contributed by atoms with Crippen LogP contribution in [0.1, 0.15) is 51.6 Å². The molecule has 14 nitrogen and oxygen atoms in total. The molecule has 230 valence electrons. The number of H-pyrrole nitrogens is 1. The monoisotopic (exact) mass is 606 g/mol. The van der Waals surface area contributed by atoms with Crippen LogP contribution in [0.2, 0.25) is 0 Å². The number of hydrogen-bond donors (Lipinski definition) is 2. The summed E-state index contributed by atoms with van der Waals surface area (Å²) in [5, 5.41) is 23.6. The number of ether oxygens (including phenoxy) is 1. The molecule has 0 saturated carbocycles. The highest BCUT2D eigenvalue weighted by Gasteiger charge is 2.33. The lowest BCUT2D eigenvalue weighted by atomic mass is 9.81. The van der Waals surface area contributed by atoms with E-state index in [-0.39, 0.29) is 54.4 Å². The highest BCUT2D eigenvalue weighted by Crippen LogP contribution is 2.35. The maximum Gasteiger partial charge on any atom is 0.294 e. The summed E-state index contributed by atoms with van der Waals surface area (Å²) in [7, 11) is -2.21. The summed E-state index contributed by atoms with van der Waals surface area (Å²) in [4.78, 5) is 35.6. The molecule has 1 aliphatic rings. The van der Waals surface area contributed by atoms with Crippen LogP contribution in [0.25, 0.3) is 22.4 Å². The summed E-state index contributed by atoms with van der Waals surface area (Å²) in [5.74, 6) is 0.677. The first-order valence-corrected chi connectivity index (χ1v) is 15.7. The maximum absolute atomic E-state index is 13.8. The third kappa shape index (κ3) is 6.73. The minimum absolute atomic E-state index is 0.0141. The lowest BCUT2D eigenvalue weighted by Crippen LogP contribution is -2.40. The number of aliphatic hydroxyl groups excluding tert-OH is 1. The second kappa shape index (κ2) is 13.6. The van der Waals surface area contributed by atoms with Crippen molar-refractivity contribution in [1.29, 1.82) is 0 Å². The third-order valence-electron chi connectivity index (χ3n) is 7.74. The third-order valence-corrected chi connectivity index (χ3v) is 9.64. The van der Waals surface area contributed by atoms with Crippen molar-refractivity contribution >= 4 is 21.1 Å². The van der Waals surface area contributed by atoms with E-state index in [2.05, 4.69) is 14.9 Å². The lowest BCUT2D eigenvalue weighted by Gasteiger charge is -2.35. The van der Waals surface area contributed by atoms with Gasteiger partial charge in [-0.3, -0.25) is 9.48 Å². The smallest absolute Gasteiger partial charge is 0.294 e. The molecule has 0 amide bonds. The first kappa shape index (κ1) is 31.4. The molecule has 0 spiro atoms. The summed E-state index contributed by atoms with van der Waals surface area (Å²) in [6.45, 7) is 4.57. The quantitative estimate of drug-likeness (QED) is 0.204. The van der Waals surface area contributed by atoms with Gasteiger partial charge < -0.3 is 19.7 Å². The Bertz CT molecular complexity index is 1560. The molecular weight excluding hydrogens is 568 g/mol. The number of aromatic nitrogens is 4. The summed E-state index contributed by atoms with van der Waals surface area (Å²) >= 11 is 0. The predicted molar refractivity (Wildman–Crippen MR) is 154 cm³/mol. The number of aliphatic hydroxyl groups is 1. The average Bonchev–Trinajstić information content (AvgIpc) is 3.28. The fourth-order valence-corrected chi connectivity index (χ4v) is 7.21. The fourth-order valence-electron chi connectivity index (χ4n) is 5.71. The van der Waals surface area contributed by atoms with E-state index >= 15 is 0 Å². The molecule has 3 aromatic rings. The van der Waals surface area contributed by atoms with Crippen LogP contribution in [0.5, 0.6) is 5.75 Å². The van der Waals surface area contributed by atoms with Gasteiger partial charge in [0.1, 0.15) is 17.1 Å². The van der Waals surface area contributed by atoms with Gasteiger partial charge in [0.2, 0.25) is 10.0 Å². The molecule has 1 atom stereocenters. The molecule has 1 aliphatic heterocycles.